The highest BCUT2D eigenvalue weighted by Gasteiger charge is 2.12. The molecule has 0 saturated carbocycles. The number of carbonyl (C=O) groups excluding carboxylic acids is 1. The van der Waals surface area contributed by atoms with Gasteiger partial charge < -0.3 is 9.72 Å². The predicted molar refractivity (Wildman–Crippen MR) is 57.2 cm³/mol. The number of nitrogens with zero attached hydrogens (tertiary/aromatic N) is 1. The number of aromatic amines is 1. The highest BCUT2D eigenvalue weighted by molar-refractivity contribution is 7.98. The zero-order valence-corrected chi connectivity index (χ0v) is 9.39. The molecule has 15 heavy (non-hydrogen) atoms. The minimum atomic E-state index is -0.627. The van der Waals surface area contributed by atoms with Gasteiger partial charge in [-0.3, -0.25) is 4.79 Å². The number of esters is 1. The lowest BCUT2D eigenvalue weighted by atomic mass is 10.3. The molecule has 1 heterocycles. The van der Waals surface area contributed by atoms with E-state index in [-0.39, 0.29) is 5.56 Å². The van der Waals surface area contributed by atoms with E-state index in [1.165, 1.54) is 18.0 Å². The number of H-pyrrole nitrogens is 1. The van der Waals surface area contributed by atoms with Crippen LogP contribution in [0, 0.1) is 0 Å². The monoisotopic (exact) mass is 228 g/mol. The van der Waals surface area contributed by atoms with Crippen LogP contribution in [0.5, 0.6) is 0 Å². The molecule has 0 saturated heterocycles. The average Bonchev–Trinajstić information content (AvgIpc) is 2.25. The number of rotatable bonds is 4. The first kappa shape index (κ1) is 11.8. The third-order valence-corrected chi connectivity index (χ3v) is 2.22. The molecule has 5 nitrogen and oxygen atoms in total. The SMILES string of the molecule is CCCOC(=O)c1cnc(SC)[nH]c1=O. The van der Waals surface area contributed by atoms with Crippen molar-refractivity contribution in [1.82, 2.24) is 9.97 Å². The summed E-state index contributed by atoms with van der Waals surface area (Å²) >= 11 is 1.30. The van der Waals surface area contributed by atoms with Crippen molar-refractivity contribution in [2.45, 2.75) is 18.5 Å². The fourth-order valence-electron chi connectivity index (χ4n) is 0.900. The first-order valence-electron chi connectivity index (χ1n) is 4.49. The summed E-state index contributed by atoms with van der Waals surface area (Å²) in [5, 5.41) is 0.479. The Labute approximate surface area is 91.3 Å². The van der Waals surface area contributed by atoms with E-state index in [0.717, 1.165) is 6.42 Å². The molecule has 82 valence electrons. The summed E-state index contributed by atoms with van der Waals surface area (Å²) in [6.07, 6.45) is 3.75. The average molecular weight is 228 g/mol. The van der Waals surface area contributed by atoms with Crippen LogP contribution in [0.4, 0.5) is 0 Å². The summed E-state index contributed by atoms with van der Waals surface area (Å²) in [5.41, 5.74) is -0.517. The van der Waals surface area contributed by atoms with Crippen LogP contribution in [0.15, 0.2) is 16.1 Å². The summed E-state index contributed by atoms with van der Waals surface area (Å²) in [6, 6.07) is 0. The van der Waals surface area contributed by atoms with Gasteiger partial charge in [-0.2, -0.15) is 0 Å². The standard InChI is InChI=1S/C9H12N2O3S/c1-3-4-14-8(13)6-5-10-9(15-2)11-7(6)12/h5H,3-4H2,1-2H3,(H,10,11,12). The van der Waals surface area contributed by atoms with Gasteiger partial charge in [0.05, 0.1) is 6.61 Å². The number of ether oxygens (including phenoxy) is 1. The largest absolute Gasteiger partial charge is 0.462 e. The maximum atomic E-state index is 11.4. The van der Waals surface area contributed by atoms with E-state index >= 15 is 0 Å². The van der Waals surface area contributed by atoms with Gasteiger partial charge >= 0.3 is 5.97 Å². The quantitative estimate of drug-likeness (QED) is 0.474. The van der Waals surface area contributed by atoms with Crippen molar-refractivity contribution in [2.24, 2.45) is 0 Å². The maximum absolute atomic E-state index is 11.4. The smallest absolute Gasteiger partial charge is 0.345 e. The number of hydrogen-bond donors (Lipinski definition) is 1. The van der Waals surface area contributed by atoms with Crippen LogP contribution >= 0.6 is 11.8 Å². The maximum Gasteiger partial charge on any atom is 0.345 e. The Kier molecular flexibility index (Phi) is 4.36. The number of aromatic nitrogens is 2. The van der Waals surface area contributed by atoms with Crippen molar-refractivity contribution in [2.75, 3.05) is 12.9 Å². The normalized spacial score (nSPS) is 10.0. The molecule has 0 aliphatic rings. The van der Waals surface area contributed by atoms with Crippen LogP contribution in [-0.2, 0) is 4.74 Å². The van der Waals surface area contributed by atoms with Gasteiger partial charge in [-0.15, -0.1) is 0 Å². The Morgan fingerprint density at radius 1 is 1.67 bits per heavy atom. The van der Waals surface area contributed by atoms with Gasteiger partial charge in [0, 0.05) is 6.20 Å². The van der Waals surface area contributed by atoms with Crippen LogP contribution in [-0.4, -0.2) is 28.8 Å². The molecule has 0 bridgehead atoms. The lowest BCUT2D eigenvalue weighted by molar-refractivity contribution is 0.0502. The summed E-state index contributed by atoms with van der Waals surface area (Å²) in [6.45, 7) is 2.19. The first-order valence-corrected chi connectivity index (χ1v) is 5.72. The number of nitrogens with one attached hydrogen (secondary N) is 1. The third kappa shape index (κ3) is 3.09. The van der Waals surface area contributed by atoms with E-state index in [4.69, 9.17) is 4.74 Å². The Hall–Kier alpha value is -1.30. The summed E-state index contributed by atoms with van der Waals surface area (Å²) in [5.74, 6) is -0.627. The Balaban J connectivity index is 2.86. The van der Waals surface area contributed by atoms with Crippen molar-refractivity contribution in [3.05, 3.63) is 22.1 Å². The molecular formula is C9H12N2O3S. The van der Waals surface area contributed by atoms with Crippen LogP contribution in [0.3, 0.4) is 0 Å². The molecule has 0 aromatic carbocycles. The van der Waals surface area contributed by atoms with Crippen molar-refractivity contribution < 1.29 is 9.53 Å². The molecule has 1 N–H and O–H groups in total. The lowest BCUT2D eigenvalue weighted by Crippen LogP contribution is -2.21. The van der Waals surface area contributed by atoms with Gasteiger partial charge in [0.15, 0.2) is 5.16 Å². The van der Waals surface area contributed by atoms with Crippen molar-refractivity contribution >= 4 is 17.7 Å². The van der Waals surface area contributed by atoms with Crippen LogP contribution < -0.4 is 5.56 Å². The van der Waals surface area contributed by atoms with Gasteiger partial charge in [-0.1, -0.05) is 18.7 Å². The van der Waals surface area contributed by atoms with Crippen molar-refractivity contribution in [3.8, 4) is 0 Å². The Morgan fingerprint density at radius 2 is 2.40 bits per heavy atom. The van der Waals surface area contributed by atoms with Crippen molar-refractivity contribution in [3.63, 3.8) is 0 Å². The minimum absolute atomic E-state index is 0.0544. The molecule has 0 aliphatic carbocycles. The van der Waals surface area contributed by atoms with E-state index < -0.39 is 11.5 Å². The molecule has 0 unspecified atom stereocenters. The van der Waals surface area contributed by atoms with Crippen LogP contribution in [0.2, 0.25) is 0 Å². The summed E-state index contributed by atoms with van der Waals surface area (Å²) in [7, 11) is 0. The minimum Gasteiger partial charge on any atom is -0.462 e. The van der Waals surface area contributed by atoms with E-state index in [1.54, 1.807) is 6.26 Å². The molecule has 1 aromatic rings. The van der Waals surface area contributed by atoms with Gasteiger partial charge in [-0.05, 0) is 12.7 Å². The topological polar surface area (TPSA) is 72.0 Å². The summed E-state index contributed by atoms with van der Waals surface area (Å²) < 4.78 is 4.83. The highest BCUT2D eigenvalue weighted by Crippen LogP contribution is 2.04. The van der Waals surface area contributed by atoms with E-state index in [2.05, 4.69) is 9.97 Å². The predicted octanol–water partition coefficient (Wildman–Crippen LogP) is 1.06. The van der Waals surface area contributed by atoms with E-state index in [1.807, 2.05) is 6.92 Å². The second-order valence-electron chi connectivity index (χ2n) is 2.77. The first-order chi connectivity index (χ1) is 7.19. The zero-order valence-electron chi connectivity index (χ0n) is 8.57. The fourth-order valence-corrected chi connectivity index (χ4v) is 1.25. The van der Waals surface area contributed by atoms with Crippen LogP contribution in [0.25, 0.3) is 0 Å². The molecule has 0 radical (unpaired) electrons. The number of carbonyl (C=O) groups is 1. The molecule has 0 aliphatic heterocycles. The van der Waals surface area contributed by atoms with Gasteiger partial charge in [-0.25, -0.2) is 9.78 Å². The second kappa shape index (κ2) is 5.55. The lowest BCUT2D eigenvalue weighted by Gasteiger charge is -2.02. The Morgan fingerprint density at radius 3 is 2.93 bits per heavy atom. The highest BCUT2D eigenvalue weighted by atomic mass is 32.2. The number of thioether (sulfide) groups is 1. The van der Waals surface area contributed by atoms with Gasteiger partial charge in [0.2, 0.25) is 0 Å². The van der Waals surface area contributed by atoms with Gasteiger partial charge in [0.25, 0.3) is 5.56 Å². The summed E-state index contributed by atoms with van der Waals surface area (Å²) in [4.78, 5) is 29.1. The molecule has 0 atom stereocenters. The second-order valence-corrected chi connectivity index (χ2v) is 3.57. The molecule has 6 heteroatoms. The fraction of sp³-hybridized carbons (Fsp3) is 0.444. The van der Waals surface area contributed by atoms with E-state index in [0.29, 0.717) is 11.8 Å². The molecule has 1 rings (SSSR count). The Bertz CT molecular complexity index is 403. The third-order valence-electron chi connectivity index (χ3n) is 1.63. The molecular weight excluding hydrogens is 216 g/mol. The molecule has 0 amide bonds. The van der Waals surface area contributed by atoms with Crippen LogP contribution in [0.1, 0.15) is 23.7 Å². The molecule has 1 aromatic heterocycles. The molecule has 0 fully saturated rings. The molecule has 0 spiro atoms. The van der Waals surface area contributed by atoms with Crippen molar-refractivity contribution in [1.29, 1.82) is 0 Å². The van der Waals surface area contributed by atoms with E-state index in [9.17, 15) is 9.59 Å². The zero-order chi connectivity index (χ0) is 11.3. The number of hydrogen-bond acceptors (Lipinski definition) is 5. The van der Waals surface area contributed by atoms with Gasteiger partial charge in [0.1, 0.15) is 5.56 Å².